The van der Waals surface area contributed by atoms with Gasteiger partial charge in [-0.1, -0.05) is 12.1 Å². The molecule has 0 saturated carbocycles. The third kappa shape index (κ3) is 1.61. The summed E-state index contributed by atoms with van der Waals surface area (Å²) in [4.78, 5) is 0. The molecule has 0 aliphatic rings. The maximum atomic E-state index is 13.6. The molecular weight excluding hydrogens is 197 g/mol. The monoisotopic (exact) mass is 207 g/mol. The van der Waals surface area contributed by atoms with Gasteiger partial charge in [0.1, 0.15) is 18.8 Å². The highest BCUT2D eigenvalue weighted by Crippen LogP contribution is 2.18. The topological polar surface area (TPSA) is 50.9 Å². The Morgan fingerprint density at radius 2 is 2.27 bits per heavy atom. The highest BCUT2D eigenvalue weighted by molar-refractivity contribution is 5.42. The highest BCUT2D eigenvalue weighted by atomic mass is 19.1. The van der Waals surface area contributed by atoms with Crippen molar-refractivity contribution in [2.24, 2.45) is 0 Å². The van der Waals surface area contributed by atoms with E-state index in [2.05, 4.69) is 10.2 Å². The Hall–Kier alpha value is -1.75. The van der Waals surface area contributed by atoms with Gasteiger partial charge >= 0.3 is 0 Å². The highest BCUT2D eigenvalue weighted by Gasteiger charge is 2.11. The van der Waals surface area contributed by atoms with Crippen LogP contribution in [0.25, 0.3) is 5.69 Å². The van der Waals surface area contributed by atoms with Gasteiger partial charge < -0.3 is 5.11 Å². The number of para-hydroxylation sites is 1. The van der Waals surface area contributed by atoms with E-state index in [1.165, 1.54) is 17.0 Å². The van der Waals surface area contributed by atoms with E-state index in [0.29, 0.717) is 11.5 Å². The van der Waals surface area contributed by atoms with Crippen molar-refractivity contribution in [2.45, 2.75) is 13.5 Å². The molecule has 1 N–H and O–H groups in total. The molecule has 2 rings (SSSR count). The van der Waals surface area contributed by atoms with Crippen molar-refractivity contribution >= 4 is 0 Å². The number of nitrogens with zero attached hydrogens (tertiary/aromatic N) is 3. The SMILES string of the molecule is Cc1cccc(F)c1-n1cnnc1CO. The first-order valence-corrected chi connectivity index (χ1v) is 4.49. The molecule has 1 aromatic heterocycles. The Morgan fingerprint density at radius 1 is 1.47 bits per heavy atom. The first-order chi connectivity index (χ1) is 7.24. The predicted molar refractivity (Wildman–Crippen MR) is 52.0 cm³/mol. The van der Waals surface area contributed by atoms with Crippen LogP contribution in [0, 0.1) is 12.7 Å². The smallest absolute Gasteiger partial charge is 0.163 e. The molecular formula is C10H10FN3O. The van der Waals surface area contributed by atoms with Crippen LogP contribution in [0.1, 0.15) is 11.4 Å². The molecule has 5 heteroatoms. The first kappa shape index (κ1) is 9.79. The molecule has 0 aliphatic heterocycles. The fraction of sp³-hybridized carbons (Fsp3) is 0.200. The van der Waals surface area contributed by atoms with E-state index < -0.39 is 0 Å². The Balaban J connectivity index is 2.63. The number of rotatable bonds is 2. The second kappa shape index (κ2) is 3.78. The molecule has 4 nitrogen and oxygen atoms in total. The third-order valence-electron chi connectivity index (χ3n) is 2.19. The quantitative estimate of drug-likeness (QED) is 0.805. The van der Waals surface area contributed by atoms with Crippen LogP contribution in [0.5, 0.6) is 0 Å². The molecule has 0 spiro atoms. The minimum Gasteiger partial charge on any atom is -0.388 e. The molecule has 1 heterocycles. The van der Waals surface area contributed by atoms with E-state index >= 15 is 0 Å². The van der Waals surface area contributed by atoms with Crippen LogP contribution < -0.4 is 0 Å². The molecule has 0 unspecified atom stereocenters. The van der Waals surface area contributed by atoms with Gasteiger partial charge in [0.05, 0.1) is 5.69 Å². The van der Waals surface area contributed by atoms with E-state index in [-0.39, 0.29) is 12.4 Å². The zero-order chi connectivity index (χ0) is 10.8. The van der Waals surface area contributed by atoms with Crippen LogP contribution in [-0.4, -0.2) is 19.9 Å². The van der Waals surface area contributed by atoms with Gasteiger partial charge in [0.2, 0.25) is 0 Å². The lowest BCUT2D eigenvalue weighted by Crippen LogP contribution is -2.04. The Labute approximate surface area is 86.0 Å². The fourth-order valence-corrected chi connectivity index (χ4v) is 1.48. The Kier molecular flexibility index (Phi) is 2.47. The minimum atomic E-state index is -0.357. The molecule has 1 aromatic carbocycles. The molecule has 0 saturated heterocycles. The summed E-state index contributed by atoms with van der Waals surface area (Å²) >= 11 is 0. The summed E-state index contributed by atoms with van der Waals surface area (Å²) in [5.41, 5.74) is 1.15. The second-order valence-electron chi connectivity index (χ2n) is 3.18. The Morgan fingerprint density at radius 3 is 2.93 bits per heavy atom. The lowest BCUT2D eigenvalue weighted by atomic mass is 10.2. The van der Waals surface area contributed by atoms with Crippen molar-refractivity contribution in [1.82, 2.24) is 14.8 Å². The van der Waals surface area contributed by atoms with E-state index in [1.54, 1.807) is 19.1 Å². The number of aryl methyl sites for hydroxylation is 1. The average molecular weight is 207 g/mol. The number of hydrogen-bond acceptors (Lipinski definition) is 3. The summed E-state index contributed by atoms with van der Waals surface area (Å²) in [6.07, 6.45) is 1.39. The maximum Gasteiger partial charge on any atom is 0.163 e. The first-order valence-electron chi connectivity index (χ1n) is 4.49. The summed E-state index contributed by atoms with van der Waals surface area (Å²) in [6, 6.07) is 4.79. The van der Waals surface area contributed by atoms with Crippen molar-refractivity contribution in [2.75, 3.05) is 0 Å². The van der Waals surface area contributed by atoms with Gasteiger partial charge in [-0.15, -0.1) is 10.2 Å². The molecule has 2 aromatic rings. The summed E-state index contributed by atoms with van der Waals surface area (Å²) in [7, 11) is 0. The summed E-state index contributed by atoms with van der Waals surface area (Å²) < 4.78 is 15.0. The van der Waals surface area contributed by atoms with Crippen LogP contribution in [0.4, 0.5) is 4.39 Å². The summed E-state index contributed by atoms with van der Waals surface area (Å²) in [5.74, 6) is -0.0345. The van der Waals surface area contributed by atoms with Gasteiger partial charge in [0.15, 0.2) is 5.82 Å². The van der Waals surface area contributed by atoms with Crippen molar-refractivity contribution < 1.29 is 9.50 Å². The second-order valence-corrected chi connectivity index (χ2v) is 3.18. The van der Waals surface area contributed by atoms with Gasteiger partial charge in [-0.2, -0.15) is 0 Å². The largest absolute Gasteiger partial charge is 0.388 e. The number of benzene rings is 1. The van der Waals surface area contributed by atoms with E-state index in [1.807, 2.05) is 0 Å². The van der Waals surface area contributed by atoms with E-state index in [0.717, 1.165) is 5.56 Å². The lowest BCUT2D eigenvalue weighted by Gasteiger charge is -2.09. The number of hydrogen-bond donors (Lipinski definition) is 1. The zero-order valence-electron chi connectivity index (χ0n) is 8.18. The molecule has 78 valence electrons. The van der Waals surface area contributed by atoms with E-state index in [9.17, 15) is 4.39 Å². The molecule has 0 radical (unpaired) electrons. The lowest BCUT2D eigenvalue weighted by molar-refractivity contribution is 0.268. The molecule has 0 aliphatic carbocycles. The van der Waals surface area contributed by atoms with Crippen LogP contribution in [0.3, 0.4) is 0 Å². The van der Waals surface area contributed by atoms with Gasteiger partial charge in [0, 0.05) is 0 Å². The normalized spacial score (nSPS) is 10.6. The number of aromatic nitrogens is 3. The summed E-state index contributed by atoms with van der Waals surface area (Å²) in [6.45, 7) is 1.52. The molecule has 0 amide bonds. The number of halogens is 1. The molecule has 0 bridgehead atoms. The van der Waals surface area contributed by atoms with Crippen molar-refractivity contribution in [3.05, 3.63) is 41.7 Å². The van der Waals surface area contributed by atoms with Gasteiger partial charge in [-0.05, 0) is 18.6 Å². The van der Waals surface area contributed by atoms with Crippen molar-refractivity contribution in [3.63, 3.8) is 0 Å². The van der Waals surface area contributed by atoms with Gasteiger partial charge in [0.25, 0.3) is 0 Å². The van der Waals surface area contributed by atoms with E-state index in [4.69, 9.17) is 5.11 Å². The van der Waals surface area contributed by atoms with Crippen LogP contribution in [0.2, 0.25) is 0 Å². The minimum absolute atomic E-state index is 0.270. The van der Waals surface area contributed by atoms with Crippen LogP contribution in [0.15, 0.2) is 24.5 Å². The van der Waals surface area contributed by atoms with Gasteiger partial charge in [-0.25, -0.2) is 4.39 Å². The third-order valence-corrected chi connectivity index (χ3v) is 2.19. The fourth-order valence-electron chi connectivity index (χ4n) is 1.48. The maximum absolute atomic E-state index is 13.6. The molecule has 0 fully saturated rings. The predicted octanol–water partition coefficient (Wildman–Crippen LogP) is 1.21. The van der Waals surface area contributed by atoms with Crippen LogP contribution >= 0.6 is 0 Å². The van der Waals surface area contributed by atoms with Crippen LogP contribution in [-0.2, 0) is 6.61 Å². The molecule has 0 atom stereocenters. The Bertz CT molecular complexity index is 461. The van der Waals surface area contributed by atoms with Crippen molar-refractivity contribution in [1.29, 1.82) is 0 Å². The van der Waals surface area contributed by atoms with Crippen molar-refractivity contribution in [3.8, 4) is 5.69 Å². The summed E-state index contributed by atoms with van der Waals surface area (Å²) in [5, 5.41) is 16.3. The number of aliphatic hydroxyl groups excluding tert-OH is 1. The average Bonchev–Trinajstić information content (AvgIpc) is 2.65. The standard InChI is InChI=1S/C10H10FN3O/c1-7-3-2-4-8(11)10(7)14-6-12-13-9(14)5-15/h2-4,6,15H,5H2,1H3. The molecule has 15 heavy (non-hydrogen) atoms. The van der Waals surface area contributed by atoms with Gasteiger partial charge in [-0.3, -0.25) is 4.57 Å². The zero-order valence-corrected chi connectivity index (χ0v) is 8.18. The number of aliphatic hydroxyl groups is 1.